The first kappa shape index (κ1) is 13.7. The number of rotatable bonds is 1. The quantitative estimate of drug-likeness (QED) is 0.658. The highest BCUT2D eigenvalue weighted by Crippen LogP contribution is 2.33. The van der Waals surface area contributed by atoms with Gasteiger partial charge in [0.25, 0.3) is 0 Å². The number of aryl methyl sites for hydroxylation is 1. The van der Waals surface area contributed by atoms with E-state index in [9.17, 15) is 0 Å². The molecule has 2 N–H and O–H groups in total. The van der Waals surface area contributed by atoms with Gasteiger partial charge in [-0.05, 0) is 41.7 Å². The Morgan fingerprint density at radius 3 is 2.52 bits per heavy atom. The second-order valence-electron chi connectivity index (χ2n) is 6.49. The second-order valence-corrected chi connectivity index (χ2v) is 6.49. The Kier molecular flexibility index (Phi) is 3.01. The molecule has 0 spiro atoms. The van der Waals surface area contributed by atoms with Crippen molar-refractivity contribution < 1.29 is 4.42 Å². The fourth-order valence-corrected chi connectivity index (χ4v) is 2.48. The maximum absolute atomic E-state index is 6.07. The van der Waals surface area contributed by atoms with Gasteiger partial charge in [-0.3, -0.25) is 0 Å². The fraction of sp³-hybridized carbons (Fsp3) is 0.278. The molecule has 2 aromatic carbocycles. The van der Waals surface area contributed by atoms with E-state index in [1.54, 1.807) is 0 Å². The van der Waals surface area contributed by atoms with Gasteiger partial charge in [0.1, 0.15) is 5.52 Å². The number of nitrogen functional groups attached to an aromatic ring is 1. The van der Waals surface area contributed by atoms with Gasteiger partial charge in [0.05, 0.1) is 5.56 Å². The van der Waals surface area contributed by atoms with Gasteiger partial charge in [-0.15, -0.1) is 0 Å². The van der Waals surface area contributed by atoms with Gasteiger partial charge in [0, 0.05) is 5.69 Å². The number of fused-ring (bicyclic) bond motifs is 1. The third-order valence-corrected chi connectivity index (χ3v) is 3.77. The summed E-state index contributed by atoms with van der Waals surface area (Å²) in [4.78, 5) is 4.63. The van der Waals surface area contributed by atoms with Gasteiger partial charge < -0.3 is 10.2 Å². The molecule has 0 aliphatic heterocycles. The Bertz CT molecular complexity index is 789. The average molecular weight is 280 g/mol. The Hall–Kier alpha value is -2.29. The first-order chi connectivity index (χ1) is 9.86. The molecule has 3 aromatic rings. The molecule has 0 radical (unpaired) electrons. The largest absolute Gasteiger partial charge is 0.436 e. The smallest absolute Gasteiger partial charge is 0.229 e. The molecule has 1 aromatic heterocycles. The molecule has 0 unspecified atom stereocenters. The molecule has 1 heterocycles. The van der Waals surface area contributed by atoms with Crippen LogP contribution in [0.25, 0.3) is 22.6 Å². The second kappa shape index (κ2) is 4.62. The van der Waals surface area contributed by atoms with Crippen molar-refractivity contribution in [3.8, 4) is 11.5 Å². The molecule has 0 saturated heterocycles. The Morgan fingerprint density at radius 1 is 1.10 bits per heavy atom. The standard InChI is InChI=1S/C18H20N2O/c1-11-6-5-7-13(19)16(11)17-20-14-10-12(18(2,3)4)8-9-15(14)21-17/h5-10H,19H2,1-4H3. The number of aromatic nitrogens is 1. The molecule has 0 fully saturated rings. The molecule has 0 amide bonds. The number of benzene rings is 2. The van der Waals surface area contributed by atoms with Gasteiger partial charge in [0.15, 0.2) is 5.58 Å². The van der Waals surface area contributed by atoms with Crippen LogP contribution < -0.4 is 5.73 Å². The minimum absolute atomic E-state index is 0.0923. The minimum Gasteiger partial charge on any atom is -0.436 e. The normalized spacial score (nSPS) is 12.0. The zero-order valence-corrected chi connectivity index (χ0v) is 12.9. The van der Waals surface area contributed by atoms with Crippen molar-refractivity contribution in [3.63, 3.8) is 0 Å². The van der Waals surface area contributed by atoms with Crippen LogP contribution in [0.2, 0.25) is 0 Å². The van der Waals surface area contributed by atoms with Gasteiger partial charge in [-0.1, -0.05) is 39.0 Å². The fourth-order valence-electron chi connectivity index (χ4n) is 2.48. The summed E-state index contributed by atoms with van der Waals surface area (Å²) in [7, 11) is 0. The Balaban J connectivity index is 2.18. The summed E-state index contributed by atoms with van der Waals surface area (Å²) in [5, 5.41) is 0. The molecule has 3 nitrogen and oxygen atoms in total. The predicted octanol–water partition coefficient (Wildman–Crippen LogP) is 4.68. The molecule has 108 valence electrons. The summed E-state index contributed by atoms with van der Waals surface area (Å²) in [5.41, 5.74) is 11.7. The molecule has 0 aliphatic rings. The topological polar surface area (TPSA) is 52.0 Å². The maximum atomic E-state index is 6.07. The van der Waals surface area contributed by atoms with Crippen molar-refractivity contribution in [1.29, 1.82) is 0 Å². The molecule has 0 aliphatic carbocycles. The summed E-state index contributed by atoms with van der Waals surface area (Å²) in [6, 6.07) is 12.0. The Morgan fingerprint density at radius 2 is 1.86 bits per heavy atom. The van der Waals surface area contributed by atoms with E-state index in [-0.39, 0.29) is 5.41 Å². The highest BCUT2D eigenvalue weighted by molar-refractivity contribution is 5.81. The number of hydrogen-bond donors (Lipinski definition) is 1. The molecule has 21 heavy (non-hydrogen) atoms. The summed E-state index contributed by atoms with van der Waals surface area (Å²) in [6.07, 6.45) is 0. The van der Waals surface area contributed by atoms with E-state index in [1.165, 1.54) is 5.56 Å². The number of nitrogens with zero attached hydrogens (tertiary/aromatic N) is 1. The van der Waals surface area contributed by atoms with Gasteiger partial charge in [-0.2, -0.15) is 0 Å². The summed E-state index contributed by atoms with van der Waals surface area (Å²) in [6.45, 7) is 8.58. The van der Waals surface area contributed by atoms with E-state index in [2.05, 4.69) is 37.9 Å². The van der Waals surface area contributed by atoms with Crippen molar-refractivity contribution >= 4 is 16.8 Å². The van der Waals surface area contributed by atoms with Crippen LogP contribution in [0.15, 0.2) is 40.8 Å². The first-order valence-electron chi connectivity index (χ1n) is 7.13. The van der Waals surface area contributed by atoms with Gasteiger partial charge >= 0.3 is 0 Å². The van der Waals surface area contributed by atoms with E-state index < -0.39 is 0 Å². The van der Waals surface area contributed by atoms with E-state index in [4.69, 9.17) is 10.2 Å². The summed E-state index contributed by atoms with van der Waals surface area (Å²) >= 11 is 0. The van der Waals surface area contributed by atoms with Crippen LogP contribution in [-0.2, 0) is 5.41 Å². The summed E-state index contributed by atoms with van der Waals surface area (Å²) < 4.78 is 5.89. The highest BCUT2D eigenvalue weighted by atomic mass is 16.3. The van der Waals surface area contributed by atoms with Crippen LogP contribution in [0.5, 0.6) is 0 Å². The predicted molar refractivity (Wildman–Crippen MR) is 87.3 cm³/mol. The molecule has 3 rings (SSSR count). The number of oxazole rings is 1. The summed E-state index contributed by atoms with van der Waals surface area (Å²) in [5.74, 6) is 0.589. The lowest BCUT2D eigenvalue weighted by Crippen LogP contribution is -2.10. The zero-order chi connectivity index (χ0) is 15.2. The van der Waals surface area contributed by atoms with Gasteiger partial charge in [-0.25, -0.2) is 4.98 Å². The number of nitrogens with two attached hydrogens (primary N) is 1. The van der Waals surface area contributed by atoms with Crippen LogP contribution in [-0.4, -0.2) is 4.98 Å². The molecule has 3 heteroatoms. The minimum atomic E-state index is 0.0923. The lowest BCUT2D eigenvalue weighted by molar-refractivity contribution is 0.590. The molecular weight excluding hydrogens is 260 g/mol. The van der Waals surface area contributed by atoms with Gasteiger partial charge in [0.2, 0.25) is 5.89 Å². The van der Waals surface area contributed by atoms with E-state index in [0.717, 1.165) is 22.2 Å². The maximum Gasteiger partial charge on any atom is 0.229 e. The lowest BCUT2D eigenvalue weighted by atomic mass is 9.87. The highest BCUT2D eigenvalue weighted by Gasteiger charge is 2.17. The molecule has 0 saturated carbocycles. The van der Waals surface area contributed by atoms with Crippen molar-refractivity contribution in [2.24, 2.45) is 0 Å². The van der Waals surface area contributed by atoms with Crippen LogP contribution in [0.4, 0.5) is 5.69 Å². The molecule has 0 atom stereocenters. The SMILES string of the molecule is Cc1cccc(N)c1-c1nc2cc(C(C)(C)C)ccc2o1. The van der Waals surface area contributed by atoms with Crippen molar-refractivity contribution in [2.45, 2.75) is 33.1 Å². The van der Waals surface area contributed by atoms with Crippen LogP contribution in [0, 0.1) is 6.92 Å². The van der Waals surface area contributed by atoms with E-state index in [0.29, 0.717) is 11.6 Å². The number of hydrogen-bond acceptors (Lipinski definition) is 3. The Labute approximate surface area is 124 Å². The third kappa shape index (κ3) is 2.40. The van der Waals surface area contributed by atoms with Crippen LogP contribution in [0.1, 0.15) is 31.9 Å². The number of anilines is 1. The molecular formula is C18H20N2O. The average Bonchev–Trinajstić information content (AvgIpc) is 2.79. The van der Waals surface area contributed by atoms with Crippen LogP contribution in [0.3, 0.4) is 0 Å². The van der Waals surface area contributed by atoms with Crippen LogP contribution >= 0.6 is 0 Å². The first-order valence-corrected chi connectivity index (χ1v) is 7.13. The van der Waals surface area contributed by atoms with Crippen molar-refractivity contribution in [2.75, 3.05) is 5.73 Å². The van der Waals surface area contributed by atoms with Crippen molar-refractivity contribution in [3.05, 3.63) is 47.5 Å². The van der Waals surface area contributed by atoms with E-state index in [1.807, 2.05) is 31.2 Å². The monoisotopic (exact) mass is 280 g/mol. The molecule has 0 bridgehead atoms. The zero-order valence-electron chi connectivity index (χ0n) is 12.9. The van der Waals surface area contributed by atoms with E-state index >= 15 is 0 Å². The third-order valence-electron chi connectivity index (χ3n) is 3.77. The lowest BCUT2D eigenvalue weighted by Gasteiger charge is -2.18. The van der Waals surface area contributed by atoms with Crippen molar-refractivity contribution in [1.82, 2.24) is 4.98 Å².